The number of nitrogens with zero attached hydrogens (tertiary/aromatic N) is 3. The van der Waals surface area contributed by atoms with Gasteiger partial charge in [-0.3, -0.25) is 0 Å². The molecule has 2 N–H and O–H groups in total. The van der Waals surface area contributed by atoms with E-state index >= 15 is 0 Å². The Morgan fingerprint density at radius 3 is 2.90 bits per heavy atom. The van der Waals surface area contributed by atoms with E-state index in [4.69, 9.17) is 14.8 Å². The van der Waals surface area contributed by atoms with Crippen LogP contribution >= 0.6 is 0 Å². The second kappa shape index (κ2) is 5.42. The quantitative estimate of drug-likeness (QED) is 0.764. The van der Waals surface area contributed by atoms with Gasteiger partial charge in [0.1, 0.15) is 5.69 Å². The van der Waals surface area contributed by atoms with Crippen molar-refractivity contribution in [2.24, 2.45) is 5.73 Å². The minimum absolute atomic E-state index is 0.0633. The molecule has 0 aliphatic heterocycles. The molecule has 3 aromatic rings. The van der Waals surface area contributed by atoms with Gasteiger partial charge in [0.25, 0.3) is 0 Å². The van der Waals surface area contributed by atoms with Crippen molar-refractivity contribution in [3.8, 4) is 0 Å². The summed E-state index contributed by atoms with van der Waals surface area (Å²) in [5, 5.41) is 8.96. The smallest absolute Gasteiger partial charge is 0.232 e. The van der Waals surface area contributed by atoms with Gasteiger partial charge in [-0.25, -0.2) is 0 Å². The molecule has 0 saturated heterocycles. The molecule has 3 rings (SSSR count). The molecular weight excluding hydrogens is 256 g/mol. The van der Waals surface area contributed by atoms with E-state index in [1.165, 1.54) is 0 Å². The maximum absolute atomic E-state index is 5.88. The highest BCUT2D eigenvalue weighted by molar-refractivity contribution is 5.79. The van der Waals surface area contributed by atoms with E-state index in [0.29, 0.717) is 24.6 Å². The lowest BCUT2D eigenvalue weighted by atomic mass is 10.1. The highest BCUT2D eigenvalue weighted by Crippen LogP contribution is 2.20. The minimum atomic E-state index is 0.0633. The zero-order valence-corrected chi connectivity index (χ0v) is 11.2. The molecule has 6 nitrogen and oxygen atoms in total. The van der Waals surface area contributed by atoms with Gasteiger partial charge >= 0.3 is 0 Å². The third kappa shape index (κ3) is 2.55. The van der Waals surface area contributed by atoms with Crippen LogP contribution in [0.2, 0.25) is 0 Å². The average molecular weight is 272 g/mol. The van der Waals surface area contributed by atoms with E-state index in [0.717, 1.165) is 23.1 Å². The lowest BCUT2D eigenvalue weighted by molar-refractivity contribution is 0.373. The summed E-state index contributed by atoms with van der Waals surface area (Å²) in [5.41, 5.74) is 7.44. The molecule has 0 saturated carbocycles. The summed E-state index contributed by atoms with van der Waals surface area (Å²) in [7, 11) is 0. The van der Waals surface area contributed by atoms with Crippen LogP contribution in [0.4, 0.5) is 0 Å². The van der Waals surface area contributed by atoms with Crippen molar-refractivity contribution in [2.75, 3.05) is 0 Å². The van der Waals surface area contributed by atoms with Crippen LogP contribution in [0.25, 0.3) is 11.0 Å². The van der Waals surface area contributed by atoms with Crippen molar-refractivity contribution in [1.82, 2.24) is 15.3 Å². The molecule has 0 radical (unpaired) electrons. The first kappa shape index (κ1) is 12.8. The Kier molecular flexibility index (Phi) is 3.47. The molecule has 0 aliphatic rings. The van der Waals surface area contributed by atoms with Crippen LogP contribution in [0, 0.1) is 0 Å². The van der Waals surface area contributed by atoms with Gasteiger partial charge in [0.2, 0.25) is 5.89 Å². The molecular formula is C14H16N4O2. The highest BCUT2D eigenvalue weighted by Gasteiger charge is 2.14. The molecule has 104 valence electrons. The Morgan fingerprint density at radius 1 is 1.20 bits per heavy atom. The second-order valence-electron chi connectivity index (χ2n) is 4.78. The van der Waals surface area contributed by atoms with Crippen LogP contribution in [-0.2, 0) is 12.8 Å². The van der Waals surface area contributed by atoms with E-state index in [9.17, 15) is 0 Å². The number of hydrogen-bond acceptors (Lipinski definition) is 6. The van der Waals surface area contributed by atoms with Crippen LogP contribution < -0.4 is 5.73 Å². The van der Waals surface area contributed by atoms with Gasteiger partial charge in [-0.05, 0) is 18.6 Å². The van der Waals surface area contributed by atoms with Crippen molar-refractivity contribution in [3.63, 3.8) is 0 Å². The Bertz CT molecular complexity index is 704. The van der Waals surface area contributed by atoms with Crippen molar-refractivity contribution in [3.05, 3.63) is 41.7 Å². The van der Waals surface area contributed by atoms with Gasteiger partial charge in [-0.2, -0.15) is 4.98 Å². The Balaban J connectivity index is 1.78. The number of nitrogens with two attached hydrogens (primary N) is 1. The van der Waals surface area contributed by atoms with Gasteiger partial charge in [-0.1, -0.05) is 29.4 Å². The van der Waals surface area contributed by atoms with Crippen LogP contribution in [0.1, 0.15) is 30.8 Å². The first-order valence-corrected chi connectivity index (χ1v) is 6.66. The Hall–Kier alpha value is -2.21. The lowest BCUT2D eigenvalue weighted by Gasteiger charge is -2.02. The molecule has 20 heavy (non-hydrogen) atoms. The van der Waals surface area contributed by atoms with E-state index < -0.39 is 0 Å². The summed E-state index contributed by atoms with van der Waals surface area (Å²) in [6.45, 7) is 2.03. The molecule has 0 aliphatic carbocycles. The molecule has 0 spiro atoms. The fourth-order valence-corrected chi connectivity index (χ4v) is 2.03. The molecule has 0 fully saturated rings. The number of benzene rings is 1. The van der Waals surface area contributed by atoms with E-state index in [2.05, 4.69) is 15.3 Å². The van der Waals surface area contributed by atoms with Gasteiger partial charge in [-0.15, -0.1) is 0 Å². The van der Waals surface area contributed by atoms with E-state index in [-0.39, 0.29) is 6.04 Å². The summed E-state index contributed by atoms with van der Waals surface area (Å²) < 4.78 is 10.5. The standard InChI is InChI=1S/C14H16N4O2/c1-2-9(15)7-13-16-14(20-18-13)8-11-10-5-3-4-6-12(10)19-17-11/h3-6,9H,2,7-8,15H2,1H3. The summed E-state index contributed by atoms with van der Waals surface area (Å²) >= 11 is 0. The number of rotatable bonds is 5. The minimum Gasteiger partial charge on any atom is -0.356 e. The molecule has 2 heterocycles. The van der Waals surface area contributed by atoms with Crippen LogP contribution in [-0.4, -0.2) is 21.3 Å². The van der Waals surface area contributed by atoms with Crippen LogP contribution in [0.5, 0.6) is 0 Å². The van der Waals surface area contributed by atoms with Crippen molar-refractivity contribution < 1.29 is 9.05 Å². The van der Waals surface area contributed by atoms with Crippen molar-refractivity contribution in [2.45, 2.75) is 32.2 Å². The average Bonchev–Trinajstić information content (AvgIpc) is 3.07. The van der Waals surface area contributed by atoms with Gasteiger partial charge in [0.05, 0.1) is 6.42 Å². The van der Waals surface area contributed by atoms with Crippen molar-refractivity contribution >= 4 is 11.0 Å². The van der Waals surface area contributed by atoms with Crippen LogP contribution in [0.3, 0.4) is 0 Å². The highest BCUT2D eigenvalue weighted by atomic mass is 16.5. The third-order valence-electron chi connectivity index (χ3n) is 3.25. The third-order valence-corrected chi connectivity index (χ3v) is 3.25. The first-order chi connectivity index (χ1) is 9.76. The van der Waals surface area contributed by atoms with Crippen LogP contribution in [0.15, 0.2) is 33.3 Å². The topological polar surface area (TPSA) is 91.0 Å². The fraction of sp³-hybridized carbons (Fsp3) is 0.357. The summed E-state index contributed by atoms with van der Waals surface area (Å²) in [5.74, 6) is 1.17. The van der Waals surface area contributed by atoms with Gasteiger partial charge in [0.15, 0.2) is 11.4 Å². The molecule has 0 bridgehead atoms. The molecule has 2 aromatic heterocycles. The summed E-state index contributed by atoms with van der Waals surface area (Å²) in [6, 6.07) is 7.77. The van der Waals surface area contributed by atoms with E-state index in [1.807, 2.05) is 31.2 Å². The Morgan fingerprint density at radius 2 is 2.05 bits per heavy atom. The number of aromatic nitrogens is 3. The lowest BCUT2D eigenvalue weighted by Crippen LogP contribution is -2.22. The molecule has 0 amide bonds. The maximum Gasteiger partial charge on any atom is 0.232 e. The summed E-state index contributed by atoms with van der Waals surface area (Å²) in [4.78, 5) is 4.34. The first-order valence-electron chi connectivity index (χ1n) is 6.66. The molecule has 1 unspecified atom stereocenters. The monoisotopic (exact) mass is 272 g/mol. The van der Waals surface area contributed by atoms with Crippen molar-refractivity contribution in [1.29, 1.82) is 0 Å². The fourth-order valence-electron chi connectivity index (χ4n) is 2.03. The SMILES string of the molecule is CCC(N)Cc1noc(Cc2noc3ccccc23)n1. The second-order valence-corrected chi connectivity index (χ2v) is 4.78. The number of hydrogen-bond donors (Lipinski definition) is 1. The molecule has 1 aromatic carbocycles. The number of fused-ring (bicyclic) bond motifs is 1. The molecule has 6 heteroatoms. The zero-order valence-electron chi connectivity index (χ0n) is 11.2. The zero-order chi connectivity index (χ0) is 13.9. The largest absolute Gasteiger partial charge is 0.356 e. The predicted octanol–water partition coefficient (Wildman–Crippen LogP) is 2.08. The predicted molar refractivity (Wildman–Crippen MR) is 73.1 cm³/mol. The maximum atomic E-state index is 5.88. The Labute approximate surface area is 115 Å². The normalized spacial score (nSPS) is 12.9. The molecule has 1 atom stereocenters. The summed E-state index contributed by atoms with van der Waals surface area (Å²) in [6.07, 6.45) is 1.97. The van der Waals surface area contributed by atoms with E-state index in [1.54, 1.807) is 0 Å². The van der Waals surface area contributed by atoms with Gasteiger partial charge < -0.3 is 14.8 Å². The number of para-hydroxylation sites is 1. The van der Waals surface area contributed by atoms with Gasteiger partial charge in [0, 0.05) is 17.8 Å².